The van der Waals surface area contributed by atoms with Crippen LogP contribution in [0.25, 0.3) is 6.08 Å². The molecule has 19 heavy (non-hydrogen) atoms. The van der Waals surface area contributed by atoms with E-state index < -0.39 is 0 Å². The van der Waals surface area contributed by atoms with Crippen molar-refractivity contribution in [3.8, 4) is 5.75 Å². The molecule has 0 saturated heterocycles. The molecule has 0 N–H and O–H groups in total. The first-order valence-corrected chi connectivity index (χ1v) is 7.14. The van der Waals surface area contributed by atoms with E-state index in [1.807, 2.05) is 24.3 Å². The van der Waals surface area contributed by atoms with Crippen molar-refractivity contribution in [2.24, 2.45) is 0 Å². The summed E-state index contributed by atoms with van der Waals surface area (Å²) >= 11 is 0. The number of carbonyl (C=O) groups excluding carboxylic acids is 1. The lowest BCUT2D eigenvalue weighted by Crippen LogP contribution is -1.97. The molecule has 0 fully saturated rings. The minimum Gasteiger partial charge on any atom is -0.494 e. The Morgan fingerprint density at radius 2 is 1.74 bits per heavy atom. The summed E-state index contributed by atoms with van der Waals surface area (Å²) in [7, 11) is 0. The summed E-state index contributed by atoms with van der Waals surface area (Å²) in [5.74, 6) is 0.890. The lowest BCUT2D eigenvalue weighted by atomic mass is 10.1. The van der Waals surface area contributed by atoms with Crippen molar-refractivity contribution in [1.29, 1.82) is 0 Å². The molecule has 0 bridgehead atoms. The van der Waals surface area contributed by atoms with Gasteiger partial charge in [0.1, 0.15) is 5.75 Å². The Labute approximate surface area is 116 Å². The maximum atomic E-state index is 10.1. The second-order valence-electron chi connectivity index (χ2n) is 4.64. The van der Waals surface area contributed by atoms with Crippen LogP contribution in [0.5, 0.6) is 5.75 Å². The van der Waals surface area contributed by atoms with Gasteiger partial charge in [0.2, 0.25) is 6.29 Å². The number of benzene rings is 1. The predicted octanol–water partition coefficient (Wildman–Crippen LogP) is 4.55. The number of hydrogen-bond acceptors (Lipinski definition) is 2. The van der Waals surface area contributed by atoms with Gasteiger partial charge in [-0.15, -0.1) is 0 Å². The maximum Gasteiger partial charge on any atom is 0.225 e. The molecule has 0 atom stereocenters. The Morgan fingerprint density at radius 1 is 1.05 bits per heavy atom. The Balaban J connectivity index is 2.15. The standard InChI is InChI=1S/C17H23O2/c1-2-3-4-5-6-7-15-19-17-12-10-16(11-13-17)9-8-14-18/h8-13H,2-7,15H2,1H3. The smallest absolute Gasteiger partial charge is 0.225 e. The molecule has 2 nitrogen and oxygen atoms in total. The van der Waals surface area contributed by atoms with Crippen LogP contribution in [0.4, 0.5) is 0 Å². The highest BCUT2D eigenvalue weighted by Crippen LogP contribution is 2.14. The van der Waals surface area contributed by atoms with Gasteiger partial charge in [-0.3, -0.25) is 4.79 Å². The van der Waals surface area contributed by atoms with Crippen LogP contribution >= 0.6 is 0 Å². The van der Waals surface area contributed by atoms with Gasteiger partial charge in [-0.25, -0.2) is 0 Å². The molecule has 0 heterocycles. The van der Waals surface area contributed by atoms with Crippen LogP contribution in [0.1, 0.15) is 51.0 Å². The monoisotopic (exact) mass is 259 g/mol. The van der Waals surface area contributed by atoms with Crippen molar-refractivity contribution < 1.29 is 9.53 Å². The molecule has 0 spiro atoms. The molecule has 0 unspecified atom stereocenters. The lowest BCUT2D eigenvalue weighted by Gasteiger charge is -2.06. The highest BCUT2D eigenvalue weighted by atomic mass is 16.5. The van der Waals surface area contributed by atoms with Crippen molar-refractivity contribution in [3.05, 3.63) is 35.9 Å². The third kappa shape index (κ3) is 7.45. The van der Waals surface area contributed by atoms with Gasteiger partial charge in [0.25, 0.3) is 0 Å². The van der Waals surface area contributed by atoms with Gasteiger partial charge in [0, 0.05) is 0 Å². The number of allylic oxidation sites excluding steroid dienone is 1. The Kier molecular flexibility index (Phi) is 8.45. The number of ether oxygens (including phenoxy) is 1. The second kappa shape index (κ2) is 10.4. The van der Waals surface area contributed by atoms with Crippen molar-refractivity contribution >= 4 is 12.4 Å². The van der Waals surface area contributed by atoms with Crippen molar-refractivity contribution in [2.75, 3.05) is 6.61 Å². The van der Waals surface area contributed by atoms with Gasteiger partial charge in [-0.1, -0.05) is 57.2 Å². The van der Waals surface area contributed by atoms with Crippen molar-refractivity contribution in [2.45, 2.75) is 45.4 Å². The first kappa shape index (κ1) is 15.5. The van der Waals surface area contributed by atoms with Crippen LogP contribution in [0.2, 0.25) is 0 Å². The molecule has 0 aliphatic carbocycles. The normalized spacial score (nSPS) is 10.8. The van der Waals surface area contributed by atoms with Crippen LogP contribution < -0.4 is 4.74 Å². The molecule has 0 aliphatic heterocycles. The summed E-state index contributed by atoms with van der Waals surface area (Å²) in [5.41, 5.74) is 0.982. The van der Waals surface area contributed by atoms with E-state index in [-0.39, 0.29) is 0 Å². The van der Waals surface area contributed by atoms with Crippen LogP contribution in [-0.2, 0) is 4.79 Å². The summed E-state index contributed by atoms with van der Waals surface area (Å²) in [6.07, 6.45) is 12.5. The molecule has 1 aromatic rings. The lowest BCUT2D eigenvalue weighted by molar-refractivity contribution is 0.304. The molecule has 2 heteroatoms. The van der Waals surface area contributed by atoms with Crippen molar-refractivity contribution in [1.82, 2.24) is 0 Å². The molecule has 103 valence electrons. The van der Waals surface area contributed by atoms with Crippen LogP contribution in [-0.4, -0.2) is 12.9 Å². The Morgan fingerprint density at radius 3 is 2.42 bits per heavy atom. The summed E-state index contributed by atoms with van der Waals surface area (Å²) in [5, 5.41) is 0. The maximum absolute atomic E-state index is 10.1. The van der Waals surface area contributed by atoms with E-state index in [0.717, 1.165) is 24.3 Å². The fourth-order valence-corrected chi connectivity index (χ4v) is 1.88. The van der Waals surface area contributed by atoms with Gasteiger partial charge < -0.3 is 4.74 Å². The summed E-state index contributed by atoms with van der Waals surface area (Å²) in [4.78, 5) is 10.1. The van der Waals surface area contributed by atoms with E-state index in [1.165, 1.54) is 38.2 Å². The summed E-state index contributed by atoms with van der Waals surface area (Å²) < 4.78 is 5.67. The third-order valence-corrected chi connectivity index (χ3v) is 2.99. The third-order valence-electron chi connectivity index (χ3n) is 2.99. The fourth-order valence-electron chi connectivity index (χ4n) is 1.88. The van der Waals surface area contributed by atoms with E-state index in [2.05, 4.69) is 6.92 Å². The SMILES string of the molecule is CCCCCCCCOc1ccc(C=C[C]=O)cc1. The van der Waals surface area contributed by atoms with E-state index in [4.69, 9.17) is 4.74 Å². The zero-order chi connectivity index (χ0) is 13.8. The molecule has 1 radical (unpaired) electrons. The highest BCUT2D eigenvalue weighted by molar-refractivity contribution is 5.74. The van der Waals surface area contributed by atoms with E-state index in [9.17, 15) is 4.79 Å². The topological polar surface area (TPSA) is 26.3 Å². The minimum atomic E-state index is 0.781. The first-order valence-electron chi connectivity index (χ1n) is 7.14. The molecular weight excluding hydrogens is 236 g/mol. The van der Waals surface area contributed by atoms with Crippen LogP contribution in [0, 0.1) is 0 Å². The largest absolute Gasteiger partial charge is 0.494 e. The van der Waals surface area contributed by atoms with Gasteiger partial charge in [0.05, 0.1) is 6.61 Å². The van der Waals surface area contributed by atoms with Crippen molar-refractivity contribution in [3.63, 3.8) is 0 Å². The average Bonchev–Trinajstić information content (AvgIpc) is 2.45. The first-order chi connectivity index (χ1) is 9.36. The fraction of sp³-hybridized carbons (Fsp3) is 0.471. The van der Waals surface area contributed by atoms with Crippen LogP contribution in [0.15, 0.2) is 30.3 Å². The Hall–Kier alpha value is -1.57. The molecule has 1 aromatic carbocycles. The number of rotatable bonds is 10. The Bertz CT molecular complexity index is 365. The highest BCUT2D eigenvalue weighted by Gasteiger charge is 1.94. The predicted molar refractivity (Wildman–Crippen MR) is 80.0 cm³/mol. The average molecular weight is 259 g/mol. The zero-order valence-corrected chi connectivity index (χ0v) is 11.7. The van der Waals surface area contributed by atoms with E-state index in [0.29, 0.717) is 0 Å². The summed E-state index contributed by atoms with van der Waals surface area (Å²) in [6, 6.07) is 7.73. The van der Waals surface area contributed by atoms with Gasteiger partial charge in [-0.05, 0) is 30.2 Å². The van der Waals surface area contributed by atoms with Gasteiger partial charge >= 0.3 is 0 Å². The molecule has 0 aliphatic rings. The number of hydrogen-bond donors (Lipinski definition) is 0. The summed E-state index contributed by atoms with van der Waals surface area (Å²) in [6.45, 7) is 3.01. The zero-order valence-electron chi connectivity index (χ0n) is 11.7. The van der Waals surface area contributed by atoms with E-state index >= 15 is 0 Å². The second-order valence-corrected chi connectivity index (χ2v) is 4.64. The quantitative estimate of drug-likeness (QED) is 0.455. The van der Waals surface area contributed by atoms with Gasteiger partial charge in [0.15, 0.2) is 0 Å². The van der Waals surface area contributed by atoms with E-state index in [1.54, 1.807) is 12.4 Å². The molecule has 0 amide bonds. The van der Waals surface area contributed by atoms with Gasteiger partial charge in [-0.2, -0.15) is 0 Å². The molecule has 1 rings (SSSR count). The molecule has 0 saturated carbocycles. The van der Waals surface area contributed by atoms with Crippen LogP contribution in [0.3, 0.4) is 0 Å². The minimum absolute atomic E-state index is 0.781. The molecule has 0 aromatic heterocycles. The number of unbranched alkanes of at least 4 members (excludes halogenated alkanes) is 5. The molecular formula is C17H23O2.